The van der Waals surface area contributed by atoms with Gasteiger partial charge in [-0.25, -0.2) is 19.2 Å². The molecule has 3 atom stereocenters. The molecule has 0 fully saturated rings. The summed E-state index contributed by atoms with van der Waals surface area (Å²) in [5.41, 5.74) is -0.356. The Bertz CT molecular complexity index is 909. The third-order valence-electron chi connectivity index (χ3n) is 4.35. The Labute approximate surface area is 165 Å². The van der Waals surface area contributed by atoms with Crippen molar-refractivity contribution in [3.05, 3.63) is 47.5 Å². The van der Waals surface area contributed by atoms with Gasteiger partial charge in [0.05, 0.1) is 13.3 Å². The van der Waals surface area contributed by atoms with Gasteiger partial charge in [-0.3, -0.25) is 4.79 Å². The van der Waals surface area contributed by atoms with E-state index in [1.807, 2.05) is 0 Å². The van der Waals surface area contributed by atoms with Crippen molar-refractivity contribution < 1.29 is 33.0 Å². The predicted molar refractivity (Wildman–Crippen MR) is 97.5 cm³/mol. The Balaban J connectivity index is 2.03. The van der Waals surface area contributed by atoms with Crippen LogP contribution in [-0.2, 0) is 9.53 Å². The van der Waals surface area contributed by atoms with Gasteiger partial charge in [-0.05, 0) is 19.9 Å². The Kier molecular flexibility index (Phi) is 7.03. The average molecular weight is 409 g/mol. The number of pyridine rings is 2. The zero-order valence-corrected chi connectivity index (χ0v) is 16.3. The van der Waals surface area contributed by atoms with Gasteiger partial charge in [0.25, 0.3) is 5.91 Å². The van der Waals surface area contributed by atoms with Gasteiger partial charge < -0.3 is 19.9 Å². The lowest BCUT2D eigenvalue weighted by molar-refractivity contribution is -0.151. The smallest absolute Gasteiger partial charge is 0.328 e. The van der Waals surface area contributed by atoms with Gasteiger partial charge in [0.1, 0.15) is 18.0 Å². The second kappa shape index (κ2) is 9.26. The van der Waals surface area contributed by atoms with Crippen molar-refractivity contribution >= 4 is 11.9 Å². The highest BCUT2D eigenvalue weighted by Gasteiger charge is 2.27. The fourth-order valence-corrected chi connectivity index (χ4v) is 2.49. The van der Waals surface area contributed by atoms with Crippen molar-refractivity contribution in [3.63, 3.8) is 0 Å². The first-order chi connectivity index (χ1) is 13.6. The van der Waals surface area contributed by atoms with Crippen LogP contribution in [0.3, 0.4) is 0 Å². The molecule has 0 aromatic carbocycles. The maximum Gasteiger partial charge on any atom is 0.328 e. The third-order valence-corrected chi connectivity index (χ3v) is 4.35. The molecule has 2 N–H and O–H groups in total. The number of hydrogen-bond acceptors (Lipinski definition) is 7. The molecule has 0 aliphatic rings. The van der Waals surface area contributed by atoms with Gasteiger partial charge in [-0.2, -0.15) is 4.39 Å². The normalized spacial score (nSPS) is 13.9. The summed E-state index contributed by atoms with van der Waals surface area (Å²) in [6.45, 7) is 4.44. The maximum absolute atomic E-state index is 13.8. The monoisotopic (exact) mass is 409 g/mol. The summed E-state index contributed by atoms with van der Waals surface area (Å²) >= 11 is 0. The summed E-state index contributed by atoms with van der Waals surface area (Å²) in [5, 5.41) is 12.3. The minimum absolute atomic E-state index is 0.0347. The van der Waals surface area contributed by atoms with Crippen LogP contribution in [0.15, 0.2) is 24.5 Å². The van der Waals surface area contributed by atoms with Gasteiger partial charge in [0.2, 0.25) is 5.95 Å². The van der Waals surface area contributed by atoms with Crippen molar-refractivity contribution in [1.29, 1.82) is 0 Å². The first-order valence-electron chi connectivity index (χ1n) is 8.70. The Morgan fingerprint density at radius 1 is 1.21 bits per heavy atom. The van der Waals surface area contributed by atoms with Crippen LogP contribution < -0.4 is 10.1 Å². The minimum Gasteiger partial charge on any atom is -0.503 e. The predicted octanol–water partition coefficient (Wildman–Crippen LogP) is 2.32. The van der Waals surface area contributed by atoms with E-state index in [1.165, 1.54) is 33.2 Å². The molecule has 2 aromatic rings. The number of aromatic hydroxyl groups is 1. The fraction of sp³-hybridized carbons (Fsp3) is 0.368. The van der Waals surface area contributed by atoms with Gasteiger partial charge in [0.15, 0.2) is 17.2 Å². The number of nitrogens with one attached hydrogen (secondary N) is 1. The molecular weight excluding hydrogens is 388 g/mol. The largest absolute Gasteiger partial charge is 0.503 e. The zero-order chi connectivity index (χ0) is 21.7. The lowest BCUT2D eigenvalue weighted by Crippen LogP contribution is -2.41. The van der Waals surface area contributed by atoms with Crippen molar-refractivity contribution in [3.8, 4) is 11.5 Å². The molecule has 0 bridgehead atoms. The van der Waals surface area contributed by atoms with E-state index >= 15 is 0 Å². The van der Waals surface area contributed by atoms with E-state index in [0.29, 0.717) is 0 Å². The lowest BCUT2D eigenvalue weighted by atomic mass is 9.97. The van der Waals surface area contributed by atoms with E-state index in [4.69, 9.17) is 9.47 Å². The van der Waals surface area contributed by atoms with Crippen LogP contribution in [0.5, 0.6) is 11.5 Å². The lowest BCUT2D eigenvalue weighted by Gasteiger charge is -2.23. The van der Waals surface area contributed by atoms with E-state index in [-0.39, 0.29) is 17.0 Å². The number of rotatable bonds is 7. The standard InChI is InChI=1S/C19H21F2N3O5/c1-9(13-7-12(20)8-23-17(13)21)11(3)29-19(27)10(2)24-18(26)15-16(25)14(28-4)5-6-22-15/h5-11,25H,1-4H3,(H,24,26)/t9?,10-,11?/m0/s1. The van der Waals surface area contributed by atoms with E-state index in [0.717, 1.165) is 12.3 Å². The zero-order valence-electron chi connectivity index (χ0n) is 16.3. The minimum atomic E-state index is -1.10. The Morgan fingerprint density at radius 3 is 2.55 bits per heavy atom. The summed E-state index contributed by atoms with van der Waals surface area (Å²) in [6.07, 6.45) is 1.19. The molecule has 0 saturated heterocycles. The van der Waals surface area contributed by atoms with Crippen LogP contribution >= 0.6 is 0 Å². The first kappa shape index (κ1) is 22.0. The molecule has 0 aliphatic carbocycles. The molecule has 2 unspecified atom stereocenters. The van der Waals surface area contributed by atoms with Crippen LogP contribution in [0.1, 0.15) is 42.7 Å². The molecule has 8 nitrogen and oxygen atoms in total. The molecule has 10 heteroatoms. The number of halogens is 2. The topological polar surface area (TPSA) is 111 Å². The molecule has 0 saturated carbocycles. The Hall–Kier alpha value is -3.30. The summed E-state index contributed by atoms with van der Waals surface area (Å²) in [5.74, 6) is -4.29. The molecule has 1 amide bonds. The van der Waals surface area contributed by atoms with Gasteiger partial charge >= 0.3 is 5.97 Å². The van der Waals surface area contributed by atoms with Crippen molar-refractivity contribution in [2.45, 2.75) is 38.8 Å². The summed E-state index contributed by atoms with van der Waals surface area (Å²) in [7, 11) is 1.32. The molecule has 2 heterocycles. The van der Waals surface area contributed by atoms with Crippen LogP contribution in [0.25, 0.3) is 0 Å². The number of esters is 1. The summed E-state index contributed by atoms with van der Waals surface area (Å²) in [6, 6.07) is 1.26. The van der Waals surface area contributed by atoms with E-state index in [1.54, 1.807) is 6.92 Å². The number of carbonyl (C=O) groups is 2. The average Bonchev–Trinajstić information content (AvgIpc) is 2.69. The number of amides is 1. The van der Waals surface area contributed by atoms with Gasteiger partial charge in [-0.1, -0.05) is 6.92 Å². The summed E-state index contributed by atoms with van der Waals surface area (Å²) in [4.78, 5) is 31.6. The van der Waals surface area contributed by atoms with Gasteiger partial charge in [-0.15, -0.1) is 0 Å². The molecular formula is C19H21F2N3O5. The van der Waals surface area contributed by atoms with E-state index in [9.17, 15) is 23.5 Å². The van der Waals surface area contributed by atoms with Crippen molar-refractivity contribution in [2.24, 2.45) is 0 Å². The fourth-order valence-electron chi connectivity index (χ4n) is 2.49. The number of nitrogens with zero attached hydrogens (tertiary/aromatic N) is 2. The number of ether oxygens (including phenoxy) is 2. The van der Waals surface area contributed by atoms with E-state index in [2.05, 4.69) is 15.3 Å². The van der Waals surface area contributed by atoms with Crippen molar-refractivity contribution in [1.82, 2.24) is 15.3 Å². The number of aromatic nitrogens is 2. The number of methoxy groups -OCH3 is 1. The van der Waals surface area contributed by atoms with Gasteiger partial charge in [0, 0.05) is 23.7 Å². The van der Waals surface area contributed by atoms with Crippen LogP contribution in [0.2, 0.25) is 0 Å². The van der Waals surface area contributed by atoms with Crippen LogP contribution in [0.4, 0.5) is 8.78 Å². The number of carbonyl (C=O) groups excluding carboxylic acids is 2. The highest BCUT2D eigenvalue weighted by atomic mass is 19.1. The van der Waals surface area contributed by atoms with Crippen LogP contribution in [-0.4, -0.2) is 46.2 Å². The summed E-state index contributed by atoms with van der Waals surface area (Å²) < 4.78 is 37.3. The van der Waals surface area contributed by atoms with Crippen LogP contribution in [0, 0.1) is 11.8 Å². The molecule has 0 spiro atoms. The highest BCUT2D eigenvalue weighted by Crippen LogP contribution is 2.27. The number of hydrogen-bond donors (Lipinski definition) is 2. The molecule has 0 aliphatic heterocycles. The van der Waals surface area contributed by atoms with Crippen molar-refractivity contribution in [2.75, 3.05) is 7.11 Å². The molecule has 2 aromatic heterocycles. The molecule has 0 radical (unpaired) electrons. The Morgan fingerprint density at radius 2 is 1.90 bits per heavy atom. The quantitative estimate of drug-likeness (QED) is 0.533. The second-order valence-electron chi connectivity index (χ2n) is 6.37. The van der Waals surface area contributed by atoms with E-state index < -0.39 is 47.5 Å². The third kappa shape index (κ3) is 5.15. The maximum atomic E-state index is 13.8. The second-order valence-corrected chi connectivity index (χ2v) is 6.37. The molecule has 156 valence electrons. The molecule has 29 heavy (non-hydrogen) atoms. The SMILES string of the molecule is COc1ccnc(C(=O)N[C@@H](C)C(=O)OC(C)C(C)c2cc(F)cnc2F)c1O. The highest BCUT2D eigenvalue weighted by molar-refractivity contribution is 5.97. The molecule has 2 rings (SSSR count). The first-order valence-corrected chi connectivity index (χ1v) is 8.70.